The topological polar surface area (TPSA) is 83.9 Å². The maximum absolute atomic E-state index is 12.2. The Balaban J connectivity index is 2.41. The average molecular weight is 306 g/mol. The van der Waals surface area contributed by atoms with Crippen molar-refractivity contribution in [3.63, 3.8) is 0 Å². The predicted molar refractivity (Wildman–Crippen MR) is 67.6 cm³/mol. The molecule has 2 rings (SSSR count). The number of ether oxygens (including phenoxy) is 1. The lowest BCUT2D eigenvalue weighted by molar-refractivity contribution is 0.0547. The highest BCUT2D eigenvalue weighted by atomic mass is 35.5. The third kappa shape index (κ3) is 2.59. The van der Waals surface area contributed by atoms with Crippen LogP contribution in [0.25, 0.3) is 0 Å². The Kier molecular flexibility index (Phi) is 3.82. The van der Waals surface area contributed by atoms with Gasteiger partial charge < -0.3 is 9.84 Å². The standard InChI is InChI=1S/C11H12ClNO5S/c1-18-11(15)7-2-3-9(12)10(4-7)19(16,17)13-5-8(14)6-13/h2-4,8,14H,5-6H2,1H3. The lowest BCUT2D eigenvalue weighted by Gasteiger charge is -2.34. The molecule has 1 N–H and O–H groups in total. The van der Waals surface area contributed by atoms with Gasteiger partial charge in [0, 0.05) is 13.1 Å². The fourth-order valence-corrected chi connectivity index (χ4v) is 3.71. The zero-order valence-electron chi connectivity index (χ0n) is 10.0. The van der Waals surface area contributed by atoms with Gasteiger partial charge in [0.1, 0.15) is 4.90 Å². The van der Waals surface area contributed by atoms with Gasteiger partial charge in [0.2, 0.25) is 10.0 Å². The fourth-order valence-electron chi connectivity index (χ4n) is 1.70. The van der Waals surface area contributed by atoms with Crippen molar-refractivity contribution in [1.82, 2.24) is 4.31 Å². The average Bonchev–Trinajstić information content (AvgIpc) is 2.34. The molecule has 104 valence electrons. The van der Waals surface area contributed by atoms with E-state index in [0.717, 1.165) is 4.31 Å². The second kappa shape index (κ2) is 5.09. The molecule has 1 heterocycles. The van der Waals surface area contributed by atoms with Crippen LogP contribution >= 0.6 is 11.6 Å². The Labute approximate surface area is 115 Å². The summed E-state index contributed by atoms with van der Waals surface area (Å²) in [4.78, 5) is 11.2. The summed E-state index contributed by atoms with van der Waals surface area (Å²) in [5.74, 6) is -0.642. The molecule has 0 radical (unpaired) electrons. The molecule has 0 unspecified atom stereocenters. The van der Waals surface area contributed by atoms with Crippen LogP contribution in [0.4, 0.5) is 0 Å². The van der Waals surface area contributed by atoms with Crippen molar-refractivity contribution in [1.29, 1.82) is 0 Å². The van der Waals surface area contributed by atoms with Gasteiger partial charge in [0.05, 0.1) is 23.8 Å². The van der Waals surface area contributed by atoms with Crippen molar-refractivity contribution in [2.75, 3.05) is 20.2 Å². The molecule has 0 saturated carbocycles. The molecule has 0 spiro atoms. The number of methoxy groups -OCH3 is 1. The number of benzene rings is 1. The summed E-state index contributed by atoms with van der Waals surface area (Å²) in [6, 6.07) is 3.89. The molecular weight excluding hydrogens is 294 g/mol. The van der Waals surface area contributed by atoms with Crippen LogP contribution in [-0.4, -0.2) is 50.1 Å². The van der Waals surface area contributed by atoms with Crippen LogP contribution in [0, 0.1) is 0 Å². The Morgan fingerprint density at radius 2 is 2.11 bits per heavy atom. The summed E-state index contributed by atoms with van der Waals surface area (Å²) in [6.07, 6.45) is -0.655. The van der Waals surface area contributed by atoms with Crippen LogP contribution < -0.4 is 0 Å². The number of aliphatic hydroxyl groups is 1. The van der Waals surface area contributed by atoms with E-state index in [9.17, 15) is 13.2 Å². The van der Waals surface area contributed by atoms with Crippen molar-refractivity contribution in [3.8, 4) is 0 Å². The first kappa shape index (κ1) is 14.3. The summed E-state index contributed by atoms with van der Waals surface area (Å²) < 4.78 is 30.1. The number of sulfonamides is 1. The van der Waals surface area contributed by atoms with Gasteiger partial charge >= 0.3 is 5.97 Å². The molecule has 6 nitrogen and oxygen atoms in total. The quantitative estimate of drug-likeness (QED) is 0.822. The molecule has 1 fully saturated rings. The summed E-state index contributed by atoms with van der Waals surface area (Å²) in [5, 5.41) is 9.19. The number of rotatable bonds is 3. The van der Waals surface area contributed by atoms with Crippen LogP contribution in [0.15, 0.2) is 23.1 Å². The third-order valence-electron chi connectivity index (χ3n) is 2.80. The van der Waals surface area contributed by atoms with Gasteiger partial charge in [0.25, 0.3) is 0 Å². The van der Waals surface area contributed by atoms with E-state index >= 15 is 0 Å². The van der Waals surface area contributed by atoms with Gasteiger partial charge in [-0.15, -0.1) is 0 Å². The van der Waals surface area contributed by atoms with Gasteiger partial charge in [-0.1, -0.05) is 11.6 Å². The van der Waals surface area contributed by atoms with Gasteiger partial charge in [0.15, 0.2) is 0 Å². The summed E-state index contributed by atoms with van der Waals surface area (Å²) in [6.45, 7) is 0.0578. The Morgan fingerprint density at radius 3 is 2.63 bits per heavy atom. The molecule has 0 bridgehead atoms. The van der Waals surface area contributed by atoms with Crippen molar-refractivity contribution in [3.05, 3.63) is 28.8 Å². The van der Waals surface area contributed by atoms with E-state index in [-0.39, 0.29) is 28.6 Å². The summed E-state index contributed by atoms with van der Waals surface area (Å²) in [7, 11) is -2.59. The van der Waals surface area contributed by atoms with Crippen molar-refractivity contribution < 1.29 is 23.1 Å². The molecular formula is C11H12ClNO5S. The van der Waals surface area contributed by atoms with E-state index in [1.807, 2.05) is 0 Å². The van der Waals surface area contributed by atoms with Crippen molar-refractivity contribution in [2.24, 2.45) is 0 Å². The number of carbonyl (C=O) groups excluding carboxylic acids is 1. The van der Waals surface area contributed by atoms with Crippen LogP contribution in [0.5, 0.6) is 0 Å². The van der Waals surface area contributed by atoms with E-state index in [2.05, 4.69) is 4.74 Å². The second-order valence-electron chi connectivity index (χ2n) is 4.11. The largest absolute Gasteiger partial charge is 0.465 e. The monoisotopic (exact) mass is 305 g/mol. The molecule has 1 aromatic carbocycles. The van der Waals surface area contributed by atoms with E-state index in [1.165, 1.54) is 25.3 Å². The van der Waals surface area contributed by atoms with E-state index < -0.39 is 22.1 Å². The molecule has 1 aliphatic heterocycles. The SMILES string of the molecule is COC(=O)c1ccc(Cl)c(S(=O)(=O)N2CC(O)C2)c1. The fraction of sp³-hybridized carbons (Fsp3) is 0.364. The highest BCUT2D eigenvalue weighted by Crippen LogP contribution is 2.28. The lowest BCUT2D eigenvalue weighted by atomic mass is 10.2. The molecule has 0 amide bonds. The van der Waals surface area contributed by atoms with E-state index in [0.29, 0.717) is 0 Å². The number of aliphatic hydroxyl groups excluding tert-OH is 1. The Bertz CT molecular complexity index is 610. The molecule has 1 saturated heterocycles. The lowest BCUT2D eigenvalue weighted by Crippen LogP contribution is -2.53. The summed E-state index contributed by atoms with van der Waals surface area (Å²) in [5.41, 5.74) is 0.103. The van der Waals surface area contributed by atoms with Gasteiger partial charge in [-0.2, -0.15) is 4.31 Å². The molecule has 0 aliphatic carbocycles. The maximum atomic E-state index is 12.2. The minimum atomic E-state index is -3.80. The molecule has 1 aromatic rings. The number of β-amino-alcohol motifs (C(OH)–C–C–N with tert-alkyl or cyclic N) is 1. The molecule has 0 aromatic heterocycles. The highest BCUT2D eigenvalue weighted by molar-refractivity contribution is 7.89. The van der Waals surface area contributed by atoms with Gasteiger partial charge in [-0.05, 0) is 18.2 Å². The molecule has 8 heteroatoms. The Hall–Kier alpha value is -1.15. The van der Waals surface area contributed by atoms with Crippen molar-refractivity contribution in [2.45, 2.75) is 11.0 Å². The highest BCUT2D eigenvalue weighted by Gasteiger charge is 2.37. The number of hydrogen-bond donors (Lipinski definition) is 1. The first-order chi connectivity index (χ1) is 8.86. The Morgan fingerprint density at radius 1 is 1.47 bits per heavy atom. The number of nitrogens with zero attached hydrogens (tertiary/aromatic N) is 1. The number of esters is 1. The van der Waals surface area contributed by atoms with Crippen LogP contribution in [0.2, 0.25) is 5.02 Å². The molecule has 19 heavy (non-hydrogen) atoms. The first-order valence-electron chi connectivity index (χ1n) is 5.42. The first-order valence-corrected chi connectivity index (χ1v) is 7.24. The molecule has 1 aliphatic rings. The zero-order valence-corrected chi connectivity index (χ0v) is 11.6. The van der Waals surface area contributed by atoms with Crippen LogP contribution in [0.1, 0.15) is 10.4 Å². The normalized spacial score (nSPS) is 17.0. The number of carbonyl (C=O) groups is 1. The smallest absolute Gasteiger partial charge is 0.337 e. The number of halogens is 1. The van der Waals surface area contributed by atoms with E-state index in [1.54, 1.807) is 0 Å². The van der Waals surface area contributed by atoms with Gasteiger partial charge in [-0.25, -0.2) is 13.2 Å². The van der Waals surface area contributed by atoms with Crippen LogP contribution in [0.3, 0.4) is 0 Å². The zero-order chi connectivity index (χ0) is 14.2. The minimum absolute atomic E-state index is 0.0223. The third-order valence-corrected chi connectivity index (χ3v) is 5.11. The number of hydrogen-bond acceptors (Lipinski definition) is 5. The maximum Gasteiger partial charge on any atom is 0.337 e. The summed E-state index contributed by atoms with van der Waals surface area (Å²) >= 11 is 5.87. The predicted octanol–water partition coefficient (Wildman–Crippen LogP) is 0.492. The van der Waals surface area contributed by atoms with Crippen molar-refractivity contribution >= 4 is 27.6 Å². The van der Waals surface area contributed by atoms with E-state index in [4.69, 9.17) is 16.7 Å². The second-order valence-corrected chi connectivity index (χ2v) is 6.43. The van der Waals surface area contributed by atoms with Gasteiger partial charge in [-0.3, -0.25) is 0 Å². The minimum Gasteiger partial charge on any atom is -0.465 e. The van der Waals surface area contributed by atoms with Crippen LogP contribution in [-0.2, 0) is 14.8 Å². The molecule has 0 atom stereocenters.